The van der Waals surface area contributed by atoms with Crippen molar-refractivity contribution in [3.05, 3.63) is 47.5 Å². The van der Waals surface area contributed by atoms with Crippen LogP contribution in [0, 0.1) is 0 Å². The maximum absolute atomic E-state index is 5.40. The van der Waals surface area contributed by atoms with Crippen LogP contribution in [0.1, 0.15) is 11.1 Å². The lowest BCUT2D eigenvalue weighted by Crippen LogP contribution is -2.36. The Balaban J connectivity index is 1.55. The number of fused-ring (bicyclic) bond motifs is 1. The molecule has 0 atom stereocenters. The van der Waals surface area contributed by atoms with Crippen molar-refractivity contribution in [1.29, 1.82) is 0 Å². The second-order valence-electron chi connectivity index (χ2n) is 5.66. The van der Waals surface area contributed by atoms with E-state index < -0.39 is 0 Å². The van der Waals surface area contributed by atoms with Gasteiger partial charge in [-0.25, -0.2) is 0 Å². The first-order chi connectivity index (χ1) is 12.7. The molecule has 0 aromatic heterocycles. The molecule has 0 unspecified atom stereocenters. The number of benzene rings is 2. The number of hydrogen-bond donors (Lipinski definition) is 2. The van der Waals surface area contributed by atoms with Crippen molar-refractivity contribution in [3.8, 4) is 23.0 Å². The number of hydrogen-bond acceptors (Lipinski definition) is 5. The van der Waals surface area contributed by atoms with Gasteiger partial charge in [-0.05, 0) is 35.4 Å². The molecule has 0 amide bonds. The monoisotopic (exact) mass is 357 g/mol. The SMILES string of the molecule is CN=C(NCc1ccc(OC)c(OC)c1)NCc1ccc2c(c1)OCO2. The molecule has 1 aliphatic heterocycles. The number of guanidine groups is 1. The lowest BCUT2D eigenvalue weighted by Gasteiger charge is -2.14. The van der Waals surface area contributed by atoms with Crippen LogP contribution in [0.25, 0.3) is 0 Å². The maximum atomic E-state index is 5.40. The van der Waals surface area contributed by atoms with Crippen LogP contribution in [-0.4, -0.2) is 34.0 Å². The maximum Gasteiger partial charge on any atom is 0.231 e. The highest BCUT2D eigenvalue weighted by molar-refractivity contribution is 5.79. The van der Waals surface area contributed by atoms with E-state index in [0.717, 1.165) is 22.6 Å². The molecular formula is C19H23N3O4. The Labute approximate surface area is 152 Å². The zero-order chi connectivity index (χ0) is 18.4. The van der Waals surface area contributed by atoms with Gasteiger partial charge in [0.2, 0.25) is 6.79 Å². The summed E-state index contributed by atoms with van der Waals surface area (Å²) in [5.74, 6) is 3.68. The Morgan fingerprint density at radius 3 is 2.27 bits per heavy atom. The van der Waals surface area contributed by atoms with Gasteiger partial charge in [0, 0.05) is 20.1 Å². The van der Waals surface area contributed by atoms with Crippen LogP contribution < -0.4 is 29.6 Å². The van der Waals surface area contributed by atoms with Crippen molar-refractivity contribution in [3.63, 3.8) is 0 Å². The van der Waals surface area contributed by atoms with Crippen molar-refractivity contribution >= 4 is 5.96 Å². The molecule has 1 aliphatic rings. The summed E-state index contributed by atoms with van der Waals surface area (Å²) in [4.78, 5) is 4.25. The van der Waals surface area contributed by atoms with Gasteiger partial charge in [-0.15, -0.1) is 0 Å². The molecule has 1 heterocycles. The fourth-order valence-electron chi connectivity index (χ4n) is 2.63. The highest BCUT2D eigenvalue weighted by atomic mass is 16.7. The third-order valence-corrected chi connectivity index (χ3v) is 4.03. The number of rotatable bonds is 6. The summed E-state index contributed by atoms with van der Waals surface area (Å²) in [6, 6.07) is 11.7. The predicted octanol–water partition coefficient (Wildman–Crippen LogP) is 2.30. The lowest BCUT2D eigenvalue weighted by molar-refractivity contribution is 0.174. The molecule has 7 heteroatoms. The highest BCUT2D eigenvalue weighted by Crippen LogP contribution is 2.32. The van der Waals surface area contributed by atoms with Gasteiger partial charge in [-0.1, -0.05) is 12.1 Å². The van der Waals surface area contributed by atoms with Crippen LogP contribution >= 0.6 is 0 Å². The second-order valence-corrected chi connectivity index (χ2v) is 5.66. The zero-order valence-corrected chi connectivity index (χ0v) is 15.2. The van der Waals surface area contributed by atoms with E-state index in [1.807, 2.05) is 36.4 Å². The van der Waals surface area contributed by atoms with E-state index >= 15 is 0 Å². The van der Waals surface area contributed by atoms with Crippen molar-refractivity contribution < 1.29 is 18.9 Å². The number of aliphatic imine (C=N–C) groups is 1. The predicted molar refractivity (Wildman–Crippen MR) is 99.1 cm³/mol. The van der Waals surface area contributed by atoms with Crippen LogP contribution in [0.3, 0.4) is 0 Å². The summed E-state index contributed by atoms with van der Waals surface area (Å²) >= 11 is 0. The largest absolute Gasteiger partial charge is 0.493 e. The Kier molecular flexibility index (Phi) is 5.68. The zero-order valence-electron chi connectivity index (χ0n) is 15.2. The molecule has 138 valence electrons. The molecule has 0 radical (unpaired) electrons. The second kappa shape index (κ2) is 8.33. The molecule has 2 aromatic carbocycles. The summed E-state index contributed by atoms with van der Waals surface area (Å²) in [6.07, 6.45) is 0. The standard InChI is InChI=1S/C19H23N3O4/c1-20-19(21-10-13-4-6-15(23-2)17(8-13)24-3)22-11-14-5-7-16-18(9-14)26-12-25-16/h4-9H,10-12H2,1-3H3,(H2,20,21,22). The first-order valence-corrected chi connectivity index (χ1v) is 8.27. The van der Waals surface area contributed by atoms with Gasteiger partial charge in [0.1, 0.15) is 0 Å². The summed E-state index contributed by atoms with van der Waals surface area (Å²) in [5, 5.41) is 6.57. The van der Waals surface area contributed by atoms with Gasteiger partial charge >= 0.3 is 0 Å². The molecule has 0 saturated heterocycles. The van der Waals surface area contributed by atoms with Crippen molar-refractivity contribution in [1.82, 2.24) is 10.6 Å². The average Bonchev–Trinajstić information content (AvgIpc) is 3.15. The van der Waals surface area contributed by atoms with E-state index in [0.29, 0.717) is 30.5 Å². The summed E-state index contributed by atoms with van der Waals surface area (Å²) < 4.78 is 21.3. The molecule has 2 N–H and O–H groups in total. The third-order valence-electron chi connectivity index (χ3n) is 4.03. The Hall–Kier alpha value is -3.09. The van der Waals surface area contributed by atoms with Gasteiger partial charge in [0.05, 0.1) is 14.2 Å². The normalized spacial score (nSPS) is 12.7. The fraction of sp³-hybridized carbons (Fsp3) is 0.316. The van der Waals surface area contributed by atoms with Crippen molar-refractivity contribution in [2.45, 2.75) is 13.1 Å². The van der Waals surface area contributed by atoms with E-state index in [9.17, 15) is 0 Å². The van der Waals surface area contributed by atoms with Gasteiger partial charge in [-0.3, -0.25) is 4.99 Å². The van der Waals surface area contributed by atoms with Crippen molar-refractivity contribution in [2.75, 3.05) is 28.1 Å². The summed E-state index contributed by atoms with van der Waals surface area (Å²) in [7, 11) is 4.99. The van der Waals surface area contributed by atoms with E-state index in [4.69, 9.17) is 18.9 Å². The van der Waals surface area contributed by atoms with E-state index in [1.54, 1.807) is 21.3 Å². The summed E-state index contributed by atoms with van der Waals surface area (Å²) in [5.41, 5.74) is 2.15. The van der Waals surface area contributed by atoms with Gasteiger partial charge < -0.3 is 29.6 Å². The van der Waals surface area contributed by atoms with Crippen LogP contribution in [-0.2, 0) is 13.1 Å². The topological polar surface area (TPSA) is 73.3 Å². The lowest BCUT2D eigenvalue weighted by atomic mass is 10.2. The number of methoxy groups -OCH3 is 2. The fourth-order valence-corrected chi connectivity index (χ4v) is 2.63. The number of ether oxygens (including phenoxy) is 4. The minimum atomic E-state index is 0.279. The molecule has 7 nitrogen and oxygen atoms in total. The first kappa shape index (κ1) is 17.7. The molecule has 0 aliphatic carbocycles. The Morgan fingerprint density at radius 1 is 0.923 bits per heavy atom. The van der Waals surface area contributed by atoms with Gasteiger partial charge in [0.25, 0.3) is 0 Å². The Morgan fingerprint density at radius 2 is 1.58 bits per heavy atom. The minimum Gasteiger partial charge on any atom is -0.493 e. The number of nitrogens with zero attached hydrogens (tertiary/aromatic N) is 1. The smallest absolute Gasteiger partial charge is 0.231 e. The molecule has 26 heavy (non-hydrogen) atoms. The summed E-state index contributed by atoms with van der Waals surface area (Å²) in [6.45, 7) is 1.52. The quantitative estimate of drug-likeness (QED) is 0.610. The van der Waals surface area contributed by atoms with Crippen LogP contribution in [0.15, 0.2) is 41.4 Å². The van der Waals surface area contributed by atoms with Crippen molar-refractivity contribution in [2.24, 2.45) is 4.99 Å². The highest BCUT2D eigenvalue weighted by Gasteiger charge is 2.13. The van der Waals surface area contributed by atoms with Gasteiger partial charge in [-0.2, -0.15) is 0 Å². The first-order valence-electron chi connectivity index (χ1n) is 8.27. The van der Waals surface area contributed by atoms with Crippen LogP contribution in [0.5, 0.6) is 23.0 Å². The van der Waals surface area contributed by atoms with E-state index in [1.165, 1.54) is 0 Å². The molecular weight excluding hydrogens is 334 g/mol. The molecule has 0 bridgehead atoms. The molecule has 2 aromatic rings. The van der Waals surface area contributed by atoms with Crippen LogP contribution in [0.2, 0.25) is 0 Å². The molecule has 0 spiro atoms. The number of nitrogens with one attached hydrogen (secondary N) is 2. The molecule has 0 fully saturated rings. The molecule has 3 rings (SSSR count). The Bertz CT molecular complexity index is 792. The minimum absolute atomic E-state index is 0.279. The molecule has 0 saturated carbocycles. The van der Waals surface area contributed by atoms with Crippen LogP contribution in [0.4, 0.5) is 0 Å². The van der Waals surface area contributed by atoms with Gasteiger partial charge in [0.15, 0.2) is 29.0 Å². The van der Waals surface area contributed by atoms with E-state index in [2.05, 4.69) is 15.6 Å². The average molecular weight is 357 g/mol. The van der Waals surface area contributed by atoms with E-state index in [-0.39, 0.29) is 6.79 Å². The third kappa shape index (κ3) is 4.11.